The Kier molecular flexibility index (Phi) is 3.18. The lowest BCUT2D eigenvalue weighted by Gasteiger charge is -2.19. The Morgan fingerprint density at radius 1 is 1.67 bits per heavy atom. The molecular weight excluding hydrogens is 188 g/mol. The minimum Gasteiger partial charge on any atom is -0.323 e. The van der Waals surface area contributed by atoms with Gasteiger partial charge in [-0.25, -0.2) is 0 Å². The van der Waals surface area contributed by atoms with Gasteiger partial charge in [-0.05, 0) is 18.1 Å². The first-order valence-electron chi connectivity index (χ1n) is 5.50. The molecule has 1 aliphatic rings. The van der Waals surface area contributed by atoms with E-state index in [1.54, 1.807) is 0 Å². The molecule has 1 aromatic heterocycles. The molecule has 15 heavy (non-hydrogen) atoms. The number of hydrogen-bond acceptors (Lipinski definition) is 3. The number of aryl methyl sites for hydroxylation is 1. The molecule has 0 aliphatic carbocycles. The van der Waals surface area contributed by atoms with Crippen molar-refractivity contribution in [3.8, 4) is 0 Å². The first-order valence-corrected chi connectivity index (χ1v) is 5.50. The lowest BCUT2D eigenvalue weighted by molar-refractivity contribution is 0.589. The Balaban J connectivity index is 2.24. The molecule has 1 aromatic rings. The van der Waals surface area contributed by atoms with Gasteiger partial charge < -0.3 is 11.1 Å². The van der Waals surface area contributed by atoms with Crippen LogP contribution in [-0.2, 0) is 6.54 Å². The molecule has 0 spiro atoms. The van der Waals surface area contributed by atoms with E-state index in [-0.39, 0.29) is 6.04 Å². The predicted octanol–water partition coefficient (Wildman–Crippen LogP) is 0.607. The zero-order valence-corrected chi connectivity index (χ0v) is 9.11. The Morgan fingerprint density at radius 2 is 2.53 bits per heavy atom. The molecule has 4 heteroatoms. The predicted molar refractivity (Wildman–Crippen MR) is 61.3 cm³/mol. The van der Waals surface area contributed by atoms with Gasteiger partial charge in [-0.15, -0.1) is 0 Å². The lowest BCUT2D eigenvalue weighted by Crippen LogP contribution is -2.37. The Bertz CT molecular complexity index is 353. The van der Waals surface area contributed by atoms with E-state index in [2.05, 4.69) is 29.5 Å². The van der Waals surface area contributed by atoms with Crippen LogP contribution in [0, 0.1) is 0 Å². The zero-order valence-electron chi connectivity index (χ0n) is 9.11. The molecule has 4 nitrogen and oxygen atoms in total. The maximum atomic E-state index is 5.89. The summed E-state index contributed by atoms with van der Waals surface area (Å²) in [7, 11) is 0. The number of aromatic nitrogens is 2. The minimum absolute atomic E-state index is 0.124. The quantitative estimate of drug-likeness (QED) is 0.761. The van der Waals surface area contributed by atoms with Crippen LogP contribution in [0.3, 0.4) is 0 Å². The molecule has 1 unspecified atom stereocenters. The second-order valence-electron chi connectivity index (χ2n) is 3.93. The fourth-order valence-electron chi connectivity index (χ4n) is 1.92. The summed E-state index contributed by atoms with van der Waals surface area (Å²) >= 11 is 0. The summed E-state index contributed by atoms with van der Waals surface area (Å²) in [6.07, 6.45) is 5.09. The summed E-state index contributed by atoms with van der Waals surface area (Å²) in [5.41, 5.74) is 8.34. The van der Waals surface area contributed by atoms with Gasteiger partial charge in [0.2, 0.25) is 0 Å². The van der Waals surface area contributed by atoms with Crippen molar-refractivity contribution in [2.45, 2.75) is 25.9 Å². The van der Waals surface area contributed by atoms with Crippen LogP contribution in [0.5, 0.6) is 0 Å². The van der Waals surface area contributed by atoms with E-state index in [0.29, 0.717) is 0 Å². The summed E-state index contributed by atoms with van der Waals surface area (Å²) in [6.45, 7) is 4.88. The Labute approximate surface area is 90.2 Å². The van der Waals surface area contributed by atoms with Crippen LogP contribution < -0.4 is 11.1 Å². The SMILES string of the molecule is CCCn1nccc1C1=CC(N)CNC1. The van der Waals surface area contributed by atoms with Crippen LogP contribution in [0.15, 0.2) is 18.3 Å². The van der Waals surface area contributed by atoms with E-state index in [4.69, 9.17) is 5.73 Å². The van der Waals surface area contributed by atoms with E-state index >= 15 is 0 Å². The van der Waals surface area contributed by atoms with E-state index in [1.807, 2.05) is 10.9 Å². The van der Waals surface area contributed by atoms with E-state index in [9.17, 15) is 0 Å². The van der Waals surface area contributed by atoms with Gasteiger partial charge in [-0.3, -0.25) is 4.68 Å². The molecule has 82 valence electrons. The lowest BCUT2D eigenvalue weighted by atomic mass is 10.1. The van der Waals surface area contributed by atoms with Crippen molar-refractivity contribution in [3.05, 3.63) is 24.0 Å². The summed E-state index contributed by atoms with van der Waals surface area (Å²) in [4.78, 5) is 0. The van der Waals surface area contributed by atoms with Gasteiger partial charge in [0.05, 0.1) is 5.69 Å². The van der Waals surface area contributed by atoms with Crippen LogP contribution in [0.1, 0.15) is 19.0 Å². The highest BCUT2D eigenvalue weighted by Gasteiger charge is 2.13. The normalized spacial score (nSPS) is 21.5. The van der Waals surface area contributed by atoms with Crippen molar-refractivity contribution in [1.29, 1.82) is 0 Å². The molecule has 0 saturated carbocycles. The molecular formula is C11H18N4. The van der Waals surface area contributed by atoms with Crippen LogP contribution in [0.2, 0.25) is 0 Å². The fourth-order valence-corrected chi connectivity index (χ4v) is 1.92. The standard InChI is InChI=1S/C11H18N4/c1-2-5-15-11(3-4-14-15)9-6-10(12)8-13-7-9/h3-4,6,10,13H,2,5,7-8,12H2,1H3. The molecule has 0 bridgehead atoms. The van der Waals surface area contributed by atoms with E-state index < -0.39 is 0 Å². The van der Waals surface area contributed by atoms with Crippen molar-refractivity contribution in [2.24, 2.45) is 5.73 Å². The highest BCUT2D eigenvalue weighted by molar-refractivity contribution is 5.65. The highest BCUT2D eigenvalue weighted by Crippen LogP contribution is 2.16. The van der Waals surface area contributed by atoms with Crippen LogP contribution in [0.25, 0.3) is 5.57 Å². The molecule has 0 saturated heterocycles. The highest BCUT2D eigenvalue weighted by atomic mass is 15.3. The molecule has 1 atom stereocenters. The number of hydrogen-bond donors (Lipinski definition) is 2. The third-order valence-electron chi connectivity index (χ3n) is 2.59. The molecule has 1 aliphatic heterocycles. The average molecular weight is 206 g/mol. The largest absolute Gasteiger partial charge is 0.323 e. The van der Waals surface area contributed by atoms with Crippen molar-refractivity contribution < 1.29 is 0 Å². The zero-order chi connectivity index (χ0) is 10.7. The van der Waals surface area contributed by atoms with Crippen molar-refractivity contribution in [3.63, 3.8) is 0 Å². The monoisotopic (exact) mass is 206 g/mol. The summed E-state index contributed by atoms with van der Waals surface area (Å²) < 4.78 is 2.05. The van der Waals surface area contributed by atoms with Gasteiger partial charge >= 0.3 is 0 Å². The van der Waals surface area contributed by atoms with E-state index in [1.165, 1.54) is 11.3 Å². The van der Waals surface area contributed by atoms with Gasteiger partial charge in [0.1, 0.15) is 0 Å². The smallest absolute Gasteiger partial charge is 0.0652 e. The fraction of sp³-hybridized carbons (Fsp3) is 0.545. The number of nitrogens with one attached hydrogen (secondary N) is 1. The van der Waals surface area contributed by atoms with Gasteiger partial charge in [0.25, 0.3) is 0 Å². The summed E-state index contributed by atoms with van der Waals surface area (Å²) in [5.74, 6) is 0. The molecule has 0 amide bonds. The second kappa shape index (κ2) is 4.59. The van der Waals surface area contributed by atoms with Crippen LogP contribution >= 0.6 is 0 Å². The first-order chi connectivity index (χ1) is 7.31. The van der Waals surface area contributed by atoms with Gasteiger partial charge in [-0.2, -0.15) is 5.10 Å². The maximum Gasteiger partial charge on any atom is 0.0652 e. The Hall–Kier alpha value is -1.13. The summed E-state index contributed by atoms with van der Waals surface area (Å²) in [6, 6.07) is 2.18. The molecule has 2 heterocycles. The van der Waals surface area contributed by atoms with E-state index in [0.717, 1.165) is 26.1 Å². The molecule has 3 N–H and O–H groups in total. The van der Waals surface area contributed by atoms with Crippen molar-refractivity contribution >= 4 is 5.57 Å². The molecule has 0 fully saturated rings. The van der Waals surface area contributed by atoms with Crippen molar-refractivity contribution in [2.75, 3.05) is 13.1 Å². The molecule has 0 radical (unpaired) electrons. The number of nitrogens with two attached hydrogens (primary N) is 1. The average Bonchev–Trinajstić information content (AvgIpc) is 2.66. The molecule has 2 rings (SSSR count). The first kappa shape index (κ1) is 10.4. The molecule has 0 aromatic carbocycles. The third-order valence-corrected chi connectivity index (χ3v) is 2.59. The second-order valence-corrected chi connectivity index (χ2v) is 3.93. The number of rotatable bonds is 3. The topological polar surface area (TPSA) is 55.9 Å². The summed E-state index contributed by atoms with van der Waals surface area (Å²) in [5, 5.41) is 7.62. The maximum absolute atomic E-state index is 5.89. The van der Waals surface area contributed by atoms with Crippen LogP contribution in [-0.4, -0.2) is 28.9 Å². The number of nitrogens with zero attached hydrogens (tertiary/aromatic N) is 2. The van der Waals surface area contributed by atoms with Gasteiger partial charge in [0, 0.05) is 31.9 Å². The van der Waals surface area contributed by atoms with Crippen molar-refractivity contribution in [1.82, 2.24) is 15.1 Å². The van der Waals surface area contributed by atoms with Gasteiger partial charge in [-0.1, -0.05) is 13.0 Å². The Morgan fingerprint density at radius 3 is 3.27 bits per heavy atom. The van der Waals surface area contributed by atoms with Crippen LogP contribution in [0.4, 0.5) is 0 Å². The van der Waals surface area contributed by atoms with Gasteiger partial charge in [0.15, 0.2) is 0 Å². The third kappa shape index (κ3) is 2.27. The minimum atomic E-state index is 0.124.